The average molecular weight is 305 g/mol. The third-order valence-corrected chi connectivity index (χ3v) is 4.20. The predicted octanol–water partition coefficient (Wildman–Crippen LogP) is 3.10. The van der Waals surface area contributed by atoms with Gasteiger partial charge >= 0.3 is 6.09 Å². The first-order valence-corrected chi connectivity index (χ1v) is 7.75. The van der Waals surface area contributed by atoms with Crippen LogP contribution in [0, 0.1) is 0 Å². The number of aryl methyl sites for hydroxylation is 1. The van der Waals surface area contributed by atoms with Gasteiger partial charge in [0.15, 0.2) is 0 Å². The maximum absolute atomic E-state index is 12.2. The second-order valence-electron chi connectivity index (χ2n) is 7.23. The summed E-state index contributed by atoms with van der Waals surface area (Å²) in [5.74, 6) is 0.940. The second-order valence-corrected chi connectivity index (χ2v) is 7.23. The molecule has 0 bridgehead atoms. The van der Waals surface area contributed by atoms with Crippen molar-refractivity contribution in [3.8, 4) is 11.5 Å². The lowest BCUT2D eigenvalue weighted by atomic mass is 9.90. The lowest BCUT2D eigenvalue weighted by Crippen LogP contribution is -2.44. The van der Waals surface area contributed by atoms with Gasteiger partial charge in [-0.05, 0) is 45.2 Å². The van der Waals surface area contributed by atoms with Crippen LogP contribution in [0.4, 0.5) is 4.79 Å². The van der Waals surface area contributed by atoms with Crippen LogP contribution in [0.25, 0.3) is 0 Å². The number of benzene rings is 1. The highest BCUT2D eigenvalue weighted by Gasteiger charge is 2.45. The Morgan fingerprint density at radius 1 is 1.36 bits per heavy atom. The van der Waals surface area contributed by atoms with E-state index in [2.05, 4.69) is 0 Å². The SMILES string of the molecule is CC(C)(C)OC(=O)N1CC[C@]2(CCc3ccc(O)cc3O2)C1. The van der Waals surface area contributed by atoms with Crippen molar-refractivity contribution < 1.29 is 19.4 Å². The fourth-order valence-corrected chi connectivity index (χ4v) is 3.11. The van der Waals surface area contributed by atoms with E-state index < -0.39 is 5.60 Å². The molecular weight excluding hydrogens is 282 g/mol. The first-order chi connectivity index (χ1) is 10.3. The Hall–Kier alpha value is -1.91. The molecule has 2 aliphatic rings. The van der Waals surface area contributed by atoms with Gasteiger partial charge in [-0.1, -0.05) is 6.07 Å². The maximum atomic E-state index is 12.2. The molecule has 1 atom stereocenters. The number of rotatable bonds is 0. The summed E-state index contributed by atoms with van der Waals surface area (Å²) < 4.78 is 11.6. The zero-order valence-electron chi connectivity index (χ0n) is 13.4. The van der Waals surface area contributed by atoms with Gasteiger partial charge in [0.05, 0.1) is 6.54 Å². The van der Waals surface area contributed by atoms with Crippen molar-refractivity contribution in [1.82, 2.24) is 4.90 Å². The highest BCUT2D eigenvalue weighted by Crippen LogP contribution is 2.40. The minimum atomic E-state index is -0.487. The summed E-state index contributed by atoms with van der Waals surface area (Å²) in [6.07, 6.45) is 2.29. The zero-order valence-corrected chi connectivity index (χ0v) is 13.4. The number of likely N-dealkylation sites (tertiary alicyclic amines) is 1. The molecule has 2 heterocycles. The van der Waals surface area contributed by atoms with Gasteiger partial charge in [0.25, 0.3) is 0 Å². The van der Waals surface area contributed by atoms with Gasteiger partial charge in [-0.15, -0.1) is 0 Å². The molecule has 3 rings (SSSR count). The van der Waals surface area contributed by atoms with Crippen LogP contribution >= 0.6 is 0 Å². The molecule has 22 heavy (non-hydrogen) atoms. The molecule has 1 saturated heterocycles. The van der Waals surface area contributed by atoms with Crippen LogP contribution in [0.5, 0.6) is 11.5 Å². The minimum Gasteiger partial charge on any atom is -0.508 e. The summed E-state index contributed by atoms with van der Waals surface area (Å²) in [4.78, 5) is 13.9. The number of hydrogen-bond acceptors (Lipinski definition) is 4. The average Bonchev–Trinajstić information content (AvgIpc) is 2.80. The van der Waals surface area contributed by atoms with Gasteiger partial charge in [0.2, 0.25) is 0 Å². The van der Waals surface area contributed by atoms with Crippen LogP contribution < -0.4 is 4.74 Å². The molecule has 2 aliphatic heterocycles. The molecule has 0 saturated carbocycles. The van der Waals surface area contributed by atoms with Crippen molar-refractivity contribution in [2.45, 2.75) is 51.2 Å². The van der Waals surface area contributed by atoms with Crippen molar-refractivity contribution in [3.05, 3.63) is 23.8 Å². The van der Waals surface area contributed by atoms with Crippen LogP contribution in [0.2, 0.25) is 0 Å². The number of phenolic OH excluding ortho intramolecular Hbond substituents is 1. The van der Waals surface area contributed by atoms with Gasteiger partial charge in [-0.2, -0.15) is 0 Å². The molecule has 0 unspecified atom stereocenters. The summed E-state index contributed by atoms with van der Waals surface area (Å²) in [6, 6.07) is 5.24. The van der Waals surface area contributed by atoms with Crippen molar-refractivity contribution in [3.63, 3.8) is 0 Å². The lowest BCUT2D eigenvalue weighted by Gasteiger charge is -2.35. The van der Waals surface area contributed by atoms with Gasteiger partial charge in [0.1, 0.15) is 22.7 Å². The molecule has 0 aliphatic carbocycles. The van der Waals surface area contributed by atoms with Gasteiger partial charge < -0.3 is 19.5 Å². The van der Waals surface area contributed by atoms with E-state index in [0.717, 1.165) is 30.6 Å². The molecule has 1 fully saturated rings. The number of fused-ring (bicyclic) bond motifs is 1. The molecular formula is C17H23NO4. The van der Waals surface area contributed by atoms with Crippen LogP contribution in [-0.2, 0) is 11.2 Å². The third-order valence-electron chi connectivity index (χ3n) is 4.20. The number of nitrogens with zero attached hydrogens (tertiary/aromatic N) is 1. The van der Waals surface area contributed by atoms with E-state index in [1.165, 1.54) is 0 Å². The first-order valence-electron chi connectivity index (χ1n) is 7.75. The van der Waals surface area contributed by atoms with Gasteiger partial charge in [0, 0.05) is 19.0 Å². The van der Waals surface area contributed by atoms with E-state index in [1.54, 1.807) is 17.0 Å². The Labute approximate surface area is 130 Å². The van der Waals surface area contributed by atoms with E-state index in [9.17, 15) is 9.90 Å². The highest BCUT2D eigenvalue weighted by atomic mass is 16.6. The monoisotopic (exact) mass is 305 g/mol. The largest absolute Gasteiger partial charge is 0.508 e. The van der Waals surface area contributed by atoms with E-state index >= 15 is 0 Å². The van der Waals surface area contributed by atoms with Crippen molar-refractivity contribution in [1.29, 1.82) is 0 Å². The normalized spacial score (nSPS) is 24.0. The summed E-state index contributed by atoms with van der Waals surface area (Å²) >= 11 is 0. The highest BCUT2D eigenvalue weighted by molar-refractivity contribution is 5.68. The molecule has 1 amide bonds. The Bertz CT molecular complexity index is 593. The quantitative estimate of drug-likeness (QED) is 0.800. The van der Waals surface area contributed by atoms with Gasteiger partial charge in [-0.25, -0.2) is 4.79 Å². The van der Waals surface area contributed by atoms with Crippen molar-refractivity contribution >= 4 is 6.09 Å². The van der Waals surface area contributed by atoms with E-state index in [1.807, 2.05) is 26.8 Å². The van der Waals surface area contributed by atoms with Crippen molar-refractivity contribution in [2.24, 2.45) is 0 Å². The van der Waals surface area contributed by atoms with E-state index in [0.29, 0.717) is 13.1 Å². The molecule has 0 aromatic heterocycles. The molecule has 120 valence electrons. The molecule has 1 aromatic carbocycles. The van der Waals surface area contributed by atoms with Crippen LogP contribution in [0.15, 0.2) is 18.2 Å². The minimum absolute atomic E-state index is 0.206. The zero-order chi connectivity index (χ0) is 16.0. The number of ether oxygens (including phenoxy) is 2. The predicted molar refractivity (Wildman–Crippen MR) is 82.2 cm³/mol. The lowest BCUT2D eigenvalue weighted by molar-refractivity contribution is 0.0170. The smallest absolute Gasteiger partial charge is 0.410 e. The molecule has 1 N–H and O–H groups in total. The maximum Gasteiger partial charge on any atom is 0.410 e. The first kappa shape index (κ1) is 15.0. The van der Waals surface area contributed by atoms with Gasteiger partial charge in [-0.3, -0.25) is 0 Å². The number of aromatic hydroxyl groups is 1. The number of carbonyl (C=O) groups excluding carboxylic acids is 1. The number of phenols is 1. The molecule has 0 radical (unpaired) electrons. The summed E-state index contributed by atoms with van der Waals surface area (Å²) in [7, 11) is 0. The summed E-state index contributed by atoms with van der Waals surface area (Å²) in [5, 5.41) is 9.62. The van der Waals surface area contributed by atoms with E-state index in [4.69, 9.17) is 9.47 Å². The van der Waals surface area contributed by atoms with Crippen LogP contribution in [0.3, 0.4) is 0 Å². The van der Waals surface area contributed by atoms with Crippen LogP contribution in [-0.4, -0.2) is 40.4 Å². The van der Waals surface area contributed by atoms with Crippen molar-refractivity contribution in [2.75, 3.05) is 13.1 Å². The number of amides is 1. The standard InChI is InChI=1S/C17H23NO4/c1-16(2,3)22-15(20)18-9-8-17(11-18)7-6-12-4-5-13(19)10-14(12)21-17/h4-5,10,19H,6-9,11H2,1-3H3/t17-/m1/s1. The summed E-state index contributed by atoms with van der Waals surface area (Å²) in [5.41, 5.74) is 0.273. The van der Waals surface area contributed by atoms with Crippen LogP contribution in [0.1, 0.15) is 39.2 Å². The Kier molecular flexibility index (Phi) is 3.46. The second kappa shape index (κ2) is 5.07. The third kappa shape index (κ3) is 2.98. The number of carbonyl (C=O) groups is 1. The molecule has 5 nitrogen and oxygen atoms in total. The topological polar surface area (TPSA) is 59.0 Å². The van der Waals surface area contributed by atoms with E-state index in [-0.39, 0.29) is 17.4 Å². The Morgan fingerprint density at radius 2 is 2.14 bits per heavy atom. The fourth-order valence-electron chi connectivity index (χ4n) is 3.11. The molecule has 1 aromatic rings. The Morgan fingerprint density at radius 3 is 2.86 bits per heavy atom. The Balaban J connectivity index is 1.71. The molecule has 5 heteroatoms. The summed E-state index contributed by atoms with van der Waals surface area (Å²) in [6.45, 7) is 6.78. The molecule has 1 spiro atoms. The fraction of sp³-hybridized carbons (Fsp3) is 0.588. The number of hydrogen-bond donors (Lipinski definition) is 1.